The summed E-state index contributed by atoms with van der Waals surface area (Å²) in [5.74, 6) is -2.26. The fourth-order valence-corrected chi connectivity index (χ4v) is 5.13. The Balaban J connectivity index is 1.73. The number of rotatable bonds is 5. The van der Waals surface area contributed by atoms with Gasteiger partial charge < -0.3 is 14.6 Å². The molecular weight excluding hydrogens is 429 g/mol. The molecule has 12 heteroatoms. The van der Waals surface area contributed by atoms with Gasteiger partial charge in [0.15, 0.2) is 5.16 Å². The molecule has 2 aromatic heterocycles. The van der Waals surface area contributed by atoms with Crippen molar-refractivity contribution in [3.63, 3.8) is 0 Å². The van der Waals surface area contributed by atoms with Crippen molar-refractivity contribution in [3.8, 4) is 0 Å². The second-order valence-electron chi connectivity index (χ2n) is 6.46. The van der Waals surface area contributed by atoms with Crippen LogP contribution in [0, 0.1) is 0 Å². The Morgan fingerprint density at radius 2 is 1.97 bits per heavy atom. The minimum Gasteiger partial charge on any atom is -0.465 e. The highest BCUT2D eigenvalue weighted by Gasteiger charge is 2.37. The molecule has 0 fully saturated rings. The summed E-state index contributed by atoms with van der Waals surface area (Å²) < 4.78 is 44.1. The van der Waals surface area contributed by atoms with Crippen LogP contribution >= 0.6 is 23.1 Å². The maximum atomic E-state index is 12.8. The predicted molar refractivity (Wildman–Crippen MR) is 102 cm³/mol. The van der Waals surface area contributed by atoms with E-state index in [1.54, 1.807) is 0 Å². The third-order valence-corrected chi connectivity index (χ3v) is 6.71. The fraction of sp³-hybridized carbons (Fsp3) is 0.529. The van der Waals surface area contributed by atoms with E-state index in [0.29, 0.717) is 10.6 Å². The molecule has 158 valence electrons. The number of esters is 1. The van der Waals surface area contributed by atoms with Gasteiger partial charge in [0.2, 0.25) is 11.7 Å². The first-order valence-electron chi connectivity index (χ1n) is 8.84. The third-order valence-electron chi connectivity index (χ3n) is 4.48. The SMILES string of the molecule is COC(=O)c1c(NC(=O)CSc2nnc(C(F)(F)F)n2C)sc2c1CCCCC2. The van der Waals surface area contributed by atoms with Crippen molar-refractivity contribution >= 4 is 40.0 Å². The van der Waals surface area contributed by atoms with E-state index in [4.69, 9.17) is 4.74 Å². The number of thiophene rings is 1. The predicted octanol–water partition coefficient (Wildman–Crippen LogP) is 3.68. The van der Waals surface area contributed by atoms with Crippen LogP contribution in [-0.2, 0) is 35.6 Å². The minimum absolute atomic E-state index is 0.0253. The number of amides is 1. The Labute approximate surface area is 173 Å². The van der Waals surface area contributed by atoms with E-state index in [1.165, 1.54) is 25.5 Å². The van der Waals surface area contributed by atoms with Crippen molar-refractivity contribution in [1.29, 1.82) is 0 Å². The number of alkyl halides is 3. The number of fused-ring (bicyclic) bond motifs is 1. The first-order valence-corrected chi connectivity index (χ1v) is 10.6. The maximum Gasteiger partial charge on any atom is 0.451 e. The number of aromatic nitrogens is 3. The number of methoxy groups -OCH3 is 1. The molecular formula is C17H19F3N4O3S2. The summed E-state index contributed by atoms with van der Waals surface area (Å²) in [6.45, 7) is 0. The van der Waals surface area contributed by atoms with Crippen molar-refractivity contribution in [2.24, 2.45) is 7.05 Å². The van der Waals surface area contributed by atoms with Crippen molar-refractivity contribution < 1.29 is 27.5 Å². The standard InChI is InChI=1S/C17H19F3N4O3S2/c1-24-15(17(18,19)20)22-23-16(24)28-8-11(25)21-13-12(14(26)27-2)9-6-4-3-5-7-10(9)29-13/h3-8H2,1-2H3,(H,21,25). The molecule has 0 aliphatic heterocycles. The second kappa shape index (κ2) is 8.74. The van der Waals surface area contributed by atoms with Gasteiger partial charge in [0.25, 0.3) is 0 Å². The smallest absolute Gasteiger partial charge is 0.451 e. The number of anilines is 1. The lowest BCUT2D eigenvalue weighted by Gasteiger charge is -2.08. The molecule has 7 nitrogen and oxygen atoms in total. The van der Waals surface area contributed by atoms with E-state index in [9.17, 15) is 22.8 Å². The number of carbonyl (C=O) groups is 2. The first-order chi connectivity index (χ1) is 13.7. The van der Waals surface area contributed by atoms with Gasteiger partial charge in [-0.25, -0.2) is 4.79 Å². The van der Waals surface area contributed by atoms with E-state index >= 15 is 0 Å². The van der Waals surface area contributed by atoms with Crippen molar-refractivity contribution in [2.45, 2.75) is 43.4 Å². The summed E-state index contributed by atoms with van der Waals surface area (Å²) in [6.07, 6.45) is 0.0362. The van der Waals surface area contributed by atoms with E-state index in [-0.39, 0.29) is 10.9 Å². The molecule has 29 heavy (non-hydrogen) atoms. The molecule has 0 radical (unpaired) electrons. The largest absolute Gasteiger partial charge is 0.465 e. The van der Waals surface area contributed by atoms with Crippen LogP contribution in [-0.4, -0.2) is 39.5 Å². The quantitative estimate of drug-likeness (QED) is 0.427. The van der Waals surface area contributed by atoms with Gasteiger partial charge in [-0.1, -0.05) is 18.2 Å². The van der Waals surface area contributed by atoms with Crippen LogP contribution in [0.15, 0.2) is 5.16 Å². The zero-order valence-corrected chi connectivity index (χ0v) is 17.4. The van der Waals surface area contributed by atoms with Gasteiger partial charge in [0.05, 0.1) is 18.4 Å². The number of halogens is 3. The molecule has 0 atom stereocenters. The second-order valence-corrected chi connectivity index (χ2v) is 8.51. The normalized spacial score (nSPS) is 14.2. The molecule has 0 aromatic carbocycles. The summed E-state index contributed by atoms with van der Waals surface area (Å²) in [5.41, 5.74) is 1.30. The van der Waals surface area contributed by atoms with E-state index in [0.717, 1.165) is 58.9 Å². The van der Waals surface area contributed by atoms with Crippen LogP contribution in [0.1, 0.15) is 45.9 Å². The van der Waals surface area contributed by atoms with E-state index in [2.05, 4.69) is 15.5 Å². The van der Waals surface area contributed by atoms with Crippen molar-refractivity contribution in [3.05, 3.63) is 21.8 Å². The molecule has 1 N–H and O–H groups in total. The Bertz CT molecular complexity index is 924. The fourth-order valence-electron chi connectivity index (χ4n) is 3.13. The Morgan fingerprint density at radius 1 is 1.24 bits per heavy atom. The molecule has 1 aliphatic carbocycles. The zero-order chi connectivity index (χ0) is 21.2. The van der Waals surface area contributed by atoms with Gasteiger partial charge in [0.1, 0.15) is 5.00 Å². The Hall–Kier alpha value is -2.08. The lowest BCUT2D eigenvalue weighted by Crippen LogP contribution is -2.17. The lowest BCUT2D eigenvalue weighted by atomic mass is 10.1. The first kappa shape index (κ1) is 21.6. The number of hydrogen-bond donors (Lipinski definition) is 1. The maximum absolute atomic E-state index is 12.8. The van der Waals surface area contributed by atoms with Crippen LogP contribution in [0.5, 0.6) is 0 Å². The number of carbonyl (C=O) groups excluding carboxylic acids is 2. The number of nitrogens with one attached hydrogen (secondary N) is 1. The average Bonchev–Trinajstić information content (AvgIpc) is 3.10. The highest BCUT2D eigenvalue weighted by Crippen LogP contribution is 2.38. The molecule has 2 aromatic rings. The topological polar surface area (TPSA) is 86.1 Å². The lowest BCUT2D eigenvalue weighted by molar-refractivity contribution is -0.147. The van der Waals surface area contributed by atoms with Crippen molar-refractivity contribution in [1.82, 2.24) is 14.8 Å². The van der Waals surface area contributed by atoms with Gasteiger partial charge in [-0.2, -0.15) is 13.2 Å². The summed E-state index contributed by atoms with van der Waals surface area (Å²) in [4.78, 5) is 25.7. The number of nitrogens with zero attached hydrogens (tertiary/aromatic N) is 3. The summed E-state index contributed by atoms with van der Waals surface area (Å²) in [7, 11) is 2.48. The number of aryl methyl sites for hydroxylation is 1. The number of hydrogen-bond acceptors (Lipinski definition) is 7. The van der Waals surface area contributed by atoms with E-state index in [1.807, 2.05) is 0 Å². The van der Waals surface area contributed by atoms with Crippen LogP contribution in [0.25, 0.3) is 0 Å². The average molecular weight is 448 g/mol. The monoisotopic (exact) mass is 448 g/mol. The third kappa shape index (κ3) is 4.74. The van der Waals surface area contributed by atoms with Gasteiger partial charge in [0, 0.05) is 11.9 Å². The number of ether oxygens (including phenoxy) is 1. The molecule has 3 rings (SSSR count). The molecule has 2 heterocycles. The molecule has 0 unspecified atom stereocenters. The molecule has 0 saturated carbocycles. The van der Waals surface area contributed by atoms with Crippen molar-refractivity contribution in [2.75, 3.05) is 18.2 Å². The Morgan fingerprint density at radius 3 is 2.62 bits per heavy atom. The summed E-state index contributed by atoms with van der Waals surface area (Å²) in [6, 6.07) is 0. The van der Waals surface area contributed by atoms with Crippen LogP contribution < -0.4 is 5.32 Å². The van der Waals surface area contributed by atoms with Crippen LogP contribution in [0.3, 0.4) is 0 Å². The summed E-state index contributed by atoms with van der Waals surface area (Å²) in [5, 5.41) is 9.72. The highest BCUT2D eigenvalue weighted by molar-refractivity contribution is 7.99. The number of thioether (sulfide) groups is 1. The summed E-state index contributed by atoms with van der Waals surface area (Å²) >= 11 is 2.19. The molecule has 0 bridgehead atoms. The highest BCUT2D eigenvalue weighted by atomic mass is 32.2. The van der Waals surface area contributed by atoms with Gasteiger partial charge in [-0.15, -0.1) is 21.5 Å². The minimum atomic E-state index is -4.62. The van der Waals surface area contributed by atoms with Crippen LogP contribution in [0.4, 0.5) is 18.2 Å². The Kier molecular flexibility index (Phi) is 6.52. The van der Waals surface area contributed by atoms with Gasteiger partial charge in [-0.05, 0) is 31.2 Å². The van der Waals surface area contributed by atoms with Crippen LogP contribution in [0.2, 0.25) is 0 Å². The molecule has 1 amide bonds. The molecule has 1 aliphatic rings. The van der Waals surface area contributed by atoms with E-state index < -0.39 is 23.9 Å². The molecule has 0 spiro atoms. The van der Waals surface area contributed by atoms with Gasteiger partial charge in [-0.3, -0.25) is 4.79 Å². The molecule has 0 saturated heterocycles. The van der Waals surface area contributed by atoms with Gasteiger partial charge >= 0.3 is 12.1 Å². The zero-order valence-electron chi connectivity index (χ0n) is 15.8.